The smallest absolute Gasteiger partial charge is 0.274 e. The van der Waals surface area contributed by atoms with Gasteiger partial charge in [0.05, 0.1) is 25.1 Å². The maximum atomic E-state index is 12.7. The number of rotatable bonds is 9. The fraction of sp³-hybridized carbons (Fsp3) is 0.684. The van der Waals surface area contributed by atoms with Gasteiger partial charge in [-0.05, 0) is 12.8 Å². The van der Waals surface area contributed by atoms with Gasteiger partial charge in [0, 0.05) is 51.9 Å². The van der Waals surface area contributed by atoms with E-state index in [-0.39, 0.29) is 18.2 Å². The molecule has 0 aromatic carbocycles. The number of aryl methyl sites for hydroxylation is 1. The van der Waals surface area contributed by atoms with E-state index in [1.807, 2.05) is 20.8 Å². The van der Waals surface area contributed by atoms with Gasteiger partial charge in [0.25, 0.3) is 5.91 Å². The lowest BCUT2D eigenvalue weighted by atomic mass is 10.2. The number of ether oxygens (including phenoxy) is 1. The second kappa shape index (κ2) is 10.9. The predicted octanol–water partition coefficient (Wildman–Crippen LogP) is 0.722. The molecule has 1 saturated heterocycles. The molecule has 0 spiro atoms. The normalized spacial score (nSPS) is 15.0. The van der Waals surface area contributed by atoms with E-state index in [9.17, 15) is 9.59 Å². The van der Waals surface area contributed by atoms with E-state index in [0.717, 1.165) is 38.5 Å². The molecule has 0 bridgehead atoms. The standard InChI is InChI=1S/C19H31N5O3/c1-15(2)14-24(19(26)17-13-21-16(3)12-22-17)6-4-18(25)20-5-7-23-8-10-27-11-9-23/h12-13,15H,4-11,14H2,1-3H3,(H,20,25). The molecule has 0 unspecified atom stereocenters. The molecule has 1 aliphatic rings. The van der Waals surface area contributed by atoms with Crippen LogP contribution in [0.15, 0.2) is 12.4 Å². The zero-order valence-corrected chi connectivity index (χ0v) is 16.6. The fourth-order valence-electron chi connectivity index (χ4n) is 2.88. The van der Waals surface area contributed by atoms with Crippen LogP contribution in [0.4, 0.5) is 0 Å². The van der Waals surface area contributed by atoms with Crippen molar-refractivity contribution in [2.45, 2.75) is 27.2 Å². The zero-order chi connectivity index (χ0) is 19.6. The van der Waals surface area contributed by atoms with E-state index in [1.54, 1.807) is 11.1 Å². The van der Waals surface area contributed by atoms with Gasteiger partial charge in [-0.3, -0.25) is 19.5 Å². The van der Waals surface area contributed by atoms with E-state index in [2.05, 4.69) is 20.2 Å². The lowest BCUT2D eigenvalue weighted by Gasteiger charge is -2.26. The molecule has 8 nitrogen and oxygen atoms in total. The third-order valence-corrected chi connectivity index (χ3v) is 4.34. The summed E-state index contributed by atoms with van der Waals surface area (Å²) in [5.41, 5.74) is 1.08. The van der Waals surface area contributed by atoms with Crippen LogP contribution in [0.1, 0.15) is 36.5 Å². The molecular formula is C19H31N5O3. The first-order chi connectivity index (χ1) is 13.0. The Hall–Kier alpha value is -2.06. The molecule has 0 radical (unpaired) electrons. The Kier molecular flexibility index (Phi) is 8.60. The molecule has 150 valence electrons. The lowest BCUT2D eigenvalue weighted by Crippen LogP contribution is -2.42. The number of morpholine rings is 1. The van der Waals surface area contributed by atoms with Crippen LogP contribution in [-0.2, 0) is 9.53 Å². The molecule has 2 heterocycles. The first-order valence-electron chi connectivity index (χ1n) is 9.60. The summed E-state index contributed by atoms with van der Waals surface area (Å²) in [4.78, 5) is 37.1. The summed E-state index contributed by atoms with van der Waals surface area (Å²) in [6.07, 6.45) is 3.35. The second-order valence-corrected chi connectivity index (χ2v) is 7.24. The molecule has 0 atom stereocenters. The van der Waals surface area contributed by atoms with E-state index >= 15 is 0 Å². The van der Waals surface area contributed by atoms with E-state index in [4.69, 9.17) is 4.74 Å². The number of amides is 2. The summed E-state index contributed by atoms with van der Waals surface area (Å²) in [5, 5.41) is 2.94. The van der Waals surface area contributed by atoms with E-state index in [0.29, 0.717) is 31.2 Å². The molecule has 1 N–H and O–H groups in total. The van der Waals surface area contributed by atoms with Crippen LogP contribution in [0.2, 0.25) is 0 Å². The topological polar surface area (TPSA) is 87.7 Å². The van der Waals surface area contributed by atoms with Crippen LogP contribution in [0.3, 0.4) is 0 Å². The van der Waals surface area contributed by atoms with Crippen molar-refractivity contribution in [3.8, 4) is 0 Å². The maximum Gasteiger partial charge on any atom is 0.274 e. The quantitative estimate of drug-likeness (QED) is 0.682. The molecule has 1 aromatic heterocycles. The Morgan fingerprint density at radius 1 is 1.26 bits per heavy atom. The van der Waals surface area contributed by atoms with E-state index in [1.165, 1.54) is 6.20 Å². The molecule has 2 rings (SSSR count). The lowest BCUT2D eigenvalue weighted by molar-refractivity contribution is -0.121. The SMILES string of the molecule is Cc1cnc(C(=O)N(CCC(=O)NCCN2CCOCC2)CC(C)C)cn1. The minimum Gasteiger partial charge on any atom is -0.379 e. The molecule has 1 fully saturated rings. The molecule has 27 heavy (non-hydrogen) atoms. The second-order valence-electron chi connectivity index (χ2n) is 7.24. The Morgan fingerprint density at radius 2 is 2.00 bits per heavy atom. The predicted molar refractivity (Wildman–Crippen MR) is 102 cm³/mol. The van der Waals surface area contributed by atoms with Crippen LogP contribution in [-0.4, -0.2) is 84.1 Å². The first kappa shape index (κ1) is 21.2. The molecule has 1 aromatic rings. The largest absolute Gasteiger partial charge is 0.379 e. The van der Waals surface area contributed by atoms with Crippen molar-refractivity contribution in [3.05, 3.63) is 23.8 Å². The van der Waals surface area contributed by atoms with Crippen LogP contribution in [0.25, 0.3) is 0 Å². The number of hydrogen-bond acceptors (Lipinski definition) is 6. The average molecular weight is 377 g/mol. The van der Waals surface area contributed by atoms with Crippen molar-refractivity contribution in [2.24, 2.45) is 5.92 Å². The molecule has 2 amide bonds. The summed E-state index contributed by atoms with van der Waals surface area (Å²) in [6.45, 7) is 11.6. The summed E-state index contributed by atoms with van der Waals surface area (Å²) < 4.78 is 5.31. The van der Waals surface area contributed by atoms with Crippen molar-refractivity contribution >= 4 is 11.8 Å². The Morgan fingerprint density at radius 3 is 2.63 bits per heavy atom. The third kappa shape index (κ3) is 7.60. The van der Waals surface area contributed by atoms with Gasteiger partial charge in [0.1, 0.15) is 5.69 Å². The summed E-state index contributed by atoms with van der Waals surface area (Å²) in [5.74, 6) is 0.0776. The highest BCUT2D eigenvalue weighted by Crippen LogP contribution is 2.06. The van der Waals surface area contributed by atoms with Gasteiger partial charge in [-0.1, -0.05) is 13.8 Å². The molecule has 1 aliphatic heterocycles. The number of carbonyl (C=O) groups excluding carboxylic acids is 2. The van der Waals surface area contributed by atoms with Crippen LogP contribution in [0.5, 0.6) is 0 Å². The van der Waals surface area contributed by atoms with Crippen molar-refractivity contribution in [1.29, 1.82) is 0 Å². The summed E-state index contributed by atoms with van der Waals surface area (Å²) in [7, 11) is 0. The molecule has 0 aliphatic carbocycles. The van der Waals surface area contributed by atoms with Gasteiger partial charge in [-0.25, -0.2) is 4.98 Å². The average Bonchev–Trinajstić information content (AvgIpc) is 2.66. The van der Waals surface area contributed by atoms with Crippen molar-refractivity contribution in [3.63, 3.8) is 0 Å². The van der Waals surface area contributed by atoms with Crippen molar-refractivity contribution in [1.82, 2.24) is 25.1 Å². The molecule has 0 saturated carbocycles. The third-order valence-electron chi connectivity index (χ3n) is 4.34. The van der Waals surface area contributed by atoms with Gasteiger partial charge in [0.15, 0.2) is 0 Å². The Balaban J connectivity index is 1.79. The van der Waals surface area contributed by atoms with Crippen LogP contribution < -0.4 is 5.32 Å². The highest BCUT2D eigenvalue weighted by Gasteiger charge is 2.19. The van der Waals surface area contributed by atoms with E-state index < -0.39 is 0 Å². The zero-order valence-electron chi connectivity index (χ0n) is 16.6. The first-order valence-corrected chi connectivity index (χ1v) is 9.60. The molecule has 8 heteroatoms. The number of nitrogens with zero attached hydrogens (tertiary/aromatic N) is 4. The van der Waals surface area contributed by atoms with Gasteiger partial charge in [-0.15, -0.1) is 0 Å². The van der Waals surface area contributed by atoms with Crippen LogP contribution in [0, 0.1) is 12.8 Å². The van der Waals surface area contributed by atoms with Gasteiger partial charge in [-0.2, -0.15) is 0 Å². The highest BCUT2D eigenvalue weighted by atomic mass is 16.5. The maximum absolute atomic E-state index is 12.7. The Bertz CT molecular complexity index is 600. The Labute approximate surface area is 161 Å². The molecular weight excluding hydrogens is 346 g/mol. The summed E-state index contributed by atoms with van der Waals surface area (Å²) in [6, 6.07) is 0. The minimum atomic E-state index is -0.183. The number of nitrogens with one attached hydrogen (secondary N) is 1. The number of aromatic nitrogens is 2. The number of hydrogen-bond donors (Lipinski definition) is 1. The van der Waals surface area contributed by atoms with Crippen molar-refractivity contribution in [2.75, 3.05) is 52.5 Å². The monoisotopic (exact) mass is 377 g/mol. The highest BCUT2D eigenvalue weighted by molar-refractivity contribution is 5.92. The van der Waals surface area contributed by atoms with Gasteiger partial charge in [0.2, 0.25) is 5.91 Å². The van der Waals surface area contributed by atoms with Gasteiger partial charge < -0.3 is 15.0 Å². The van der Waals surface area contributed by atoms with Gasteiger partial charge >= 0.3 is 0 Å². The van der Waals surface area contributed by atoms with Crippen LogP contribution >= 0.6 is 0 Å². The minimum absolute atomic E-state index is 0.0418. The fourth-order valence-corrected chi connectivity index (χ4v) is 2.88. The van der Waals surface area contributed by atoms with Crippen molar-refractivity contribution < 1.29 is 14.3 Å². The summed E-state index contributed by atoms with van der Waals surface area (Å²) >= 11 is 0. The number of carbonyl (C=O) groups is 2.